The van der Waals surface area contributed by atoms with Crippen LogP contribution >= 0.6 is 0 Å². The zero-order valence-electron chi connectivity index (χ0n) is 13.8. The van der Waals surface area contributed by atoms with Crippen molar-refractivity contribution in [3.05, 3.63) is 84.4 Å². The highest BCUT2D eigenvalue weighted by Crippen LogP contribution is 2.29. The van der Waals surface area contributed by atoms with Crippen LogP contribution in [0.15, 0.2) is 78.0 Å². The third kappa shape index (κ3) is 3.94. The monoisotopic (exact) mass is 333 g/mol. The smallest absolute Gasteiger partial charge is 0.229 e. The van der Waals surface area contributed by atoms with Gasteiger partial charge in [0.15, 0.2) is 5.82 Å². The molecule has 120 valence electrons. The summed E-state index contributed by atoms with van der Waals surface area (Å²) in [4.78, 5) is 13.6. The Morgan fingerprint density at radius 2 is 1.54 bits per heavy atom. The highest BCUT2D eigenvalue weighted by Gasteiger charge is 2.12. The molecular formula is C19H19N3OSi. The fraction of sp³-hybridized carbons (Fsp3) is 0.105. The van der Waals surface area contributed by atoms with E-state index in [4.69, 9.17) is 9.42 Å². The maximum Gasteiger partial charge on any atom is 0.229 e. The Morgan fingerprint density at radius 1 is 0.875 bits per heavy atom. The molecule has 0 aliphatic rings. The summed E-state index contributed by atoms with van der Waals surface area (Å²) in [7, 11) is -1.22. The minimum atomic E-state index is -1.22. The number of aromatic nitrogens is 2. The summed E-state index contributed by atoms with van der Waals surface area (Å²) in [6, 6.07) is 19.6. The standard InChI is InChI=1S/C19H19N3OSi/c1-24(2)23-17-12-7-6-11-16(17)22-18(15-9-4-3-5-10-15)19-20-13-8-14-21-19/h3-14,24H,1-2H3. The summed E-state index contributed by atoms with van der Waals surface area (Å²) in [6.07, 6.45) is 3.45. The van der Waals surface area contributed by atoms with Gasteiger partial charge in [0.1, 0.15) is 17.1 Å². The van der Waals surface area contributed by atoms with Gasteiger partial charge in [-0.15, -0.1) is 0 Å². The van der Waals surface area contributed by atoms with Crippen molar-refractivity contribution in [3.8, 4) is 5.75 Å². The summed E-state index contributed by atoms with van der Waals surface area (Å²) in [5.74, 6) is 1.41. The van der Waals surface area contributed by atoms with Gasteiger partial charge in [-0.05, 0) is 31.3 Å². The van der Waals surface area contributed by atoms with Gasteiger partial charge in [0.25, 0.3) is 0 Å². The molecule has 0 fully saturated rings. The first kappa shape index (κ1) is 16.1. The lowest BCUT2D eigenvalue weighted by Crippen LogP contribution is -2.12. The Kier molecular flexibility index (Phi) is 5.13. The normalized spacial score (nSPS) is 11.5. The Bertz CT molecular complexity index is 779. The van der Waals surface area contributed by atoms with Crippen LogP contribution in [0.25, 0.3) is 0 Å². The first-order valence-electron chi connectivity index (χ1n) is 7.91. The summed E-state index contributed by atoms with van der Waals surface area (Å²) < 4.78 is 6.01. The molecule has 24 heavy (non-hydrogen) atoms. The zero-order valence-corrected chi connectivity index (χ0v) is 14.9. The zero-order chi connectivity index (χ0) is 16.8. The van der Waals surface area contributed by atoms with Gasteiger partial charge in [0.05, 0.1) is 0 Å². The van der Waals surface area contributed by atoms with Gasteiger partial charge in [-0.25, -0.2) is 15.0 Å². The van der Waals surface area contributed by atoms with E-state index in [-0.39, 0.29) is 0 Å². The van der Waals surface area contributed by atoms with E-state index in [9.17, 15) is 0 Å². The predicted octanol–water partition coefficient (Wildman–Crippen LogP) is 4.01. The molecule has 0 saturated heterocycles. The summed E-state index contributed by atoms with van der Waals surface area (Å²) in [5.41, 5.74) is 2.50. The highest BCUT2D eigenvalue weighted by molar-refractivity contribution is 6.49. The van der Waals surface area contributed by atoms with E-state index in [2.05, 4.69) is 23.1 Å². The molecule has 3 rings (SSSR count). The Labute approximate surface area is 143 Å². The molecule has 0 unspecified atom stereocenters. The summed E-state index contributed by atoms with van der Waals surface area (Å²) in [5, 5.41) is 0. The second kappa shape index (κ2) is 7.65. The average Bonchev–Trinajstić information content (AvgIpc) is 2.62. The third-order valence-corrected chi connectivity index (χ3v) is 4.01. The van der Waals surface area contributed by atoms with Crippen LogP contribution in [-0.4, -0.2) is 24.7 Å². The fourth-order valence-corrected chi connectivity index (χ4v) is 2.99. The number of aliphatic imine (C=N–C) groups is 1. The Hall–Kier alpha value is -2.79. The number of hydrogen-bond donors (Lipinski definition) is 0. The lowest BCUT2D eigenvalue weighted by molar-refractivity contribution is 0.582. The molecule has 0 bridgehead atoms. The second-order valence-electron chi connectivity index (χ2n) is 5.53. The average molecular weight is 333 g/mol. The van der Waals surface area contributed by atoms with Crippen molar-refractivity contribution in [2.45, 2.75) is 13.1 Å². The highest BCUT2D eigenvalue weighted by atomic mass is 28.3. The SMILES string of the molecule is C[SiH](C)Oc1ccccc1N=C(c1ccccc1)c1ncccn1. The Morgan fingerprint density at radius 3 is 2.25 bits per heavy atom. The van der Waals surface area contributed by atoms with Crippen LogP contribution in [-0.2, 0) is 0 Å². The molecule has 3 aromatic rings. The number of rotatable bonds is 5. The van der Waals surface area contributed by atoms with Crippen molar-refractivity contribution in [2.75, 3.05) is 0 Å². The van der Waals surface area contributed by atoms with Crippen LogP contribution in [0.3, 0.4) is 0 Å². The van der Waals surface area contributed by atoms with E-state index in [1.54, 1.807) is 18.5 Å². The quantitative estimate of drug-likeness (QED) is 0.523. The maximum absolute atomic E-state index is 6.01. The van der Waals surface area contributed by atoms with Gasteiger partial charge < -0.3 is 4.43 Å². The van der Waals surface area contributed by atoms with Gasteiger partial charge in [-0.1, -0.05) is 42.5 Å². The first-order chi connectivity index (χ1) is 11.7. The molecule has 0 aliphatic heterocycles. The van der Waals surface area contributed by atoms with Crippen molar-refractivity contribution in [3.63, 3.8) is 0 Å². The molecule has 0 amide bonds. The second-order valence-corrected chi connectivity index (χ2v) is 7.87. The minimum absolute atomic E-state index is 0.597. The number of hydrogen-bond acceptors (Lipinski definition) is 4. The van der Waals surface area contributed by atoms with Gasteiger partial charge >= 0.3 is 0 Å². The largest absolute Gasteiger partial charge is 0.546 e. The van der Waals surface area contributed by atoms with E-state index in [1.165, 1.54) is 0 Å². The topological polar surface area (TPSA) is 47.4 Å². The molecule has 2 aromatic carbocycles. The molecule has 0 saturated carbocycles. The van der Waals surface area contributed by atoms with Crippen LogP contribution in [0, 0.1) is 0 Å². The summed E-state index contributed by atoms with van der Waals surface area (Å²) >= 11 is 0. The van der Waals surface area contributed by atoms with E-state index in [0.29, 0.717) is 5.82 Å². The summed E-state index contributed by atoms with van der Waals surface area (Å²) in [6.45, 7) is 4.28. The van der Waals surface area contributed by atoms with Crippen LogP contribution in [0.1, 0.15) is 11.4 Å². The third-order valence-electron chi connectivity index (χ3n) is 3.28. The van der Waals surface area contributed by atoms with Crippen molar-refractivity contribution < 1.29 is 4.43 Å². The lowest BCUT2D eigenvalue weighted by Gasteiger charge is -2.13. The van der Waals surface area contributed by atoms with Crippen molar-refractivity contribution in [1.82, 2.24) is 9.97 Å². The molecule has 0 aliphatic carbocycles. The number of nitrogens with zero attached hydrogens (tertiary/aromatic N) is 3. The molecular weight excluding hydrogens is 314 g/mol. The van der Waals surface area contributed by atoms with Gasteiger partial charge in [0, 0.05) is 18.0 Å². The van der Waals surface area contributed by atoms with Gasteiger partial charge in [-0.2, -0.15) is 0 Å². The molecule has 4 nitrogen and oxygen atoms in total. The molecule has 1 aromatic heterocycles. The molecule has 0 spiro atoms. The van der Waals surface area contributed by atoms with Crippen LogP contribution in [0.4, 0.5) is 5.69 Å². The number of benzene rings is 2. The van der Waals surface area contributed by atoms with E-state index >= 15 is 0 Å². The van der Waals surface area contributed by atoms with E-state index < -0.39 is 9.04 Å². The van der Waals surface area contributed by atoms with Crippen LogP contribution in [0.5, 0.6) is 5.75 Å². The maximum atomic E-state index is 6.01. The number of para-hydroxylation sites is 2. The van der Waals surface area contributed by atoms with E-state index in [1.807, 2.05) is 54.6 Å². The lowest BCUT2D eigenvalue weighted by atomic mass is 10.1. The Balaban J connectivity index is 2.12. The van der Waals surface area contributed by atoms with E-state index in [0.717, 1.165) is 22.7 Å². The molecule has 0 radical (unpaired) electrons. The van der Waals surface area contributed by atoms with Gasteiger partial charge in [-0.3, -0.25) is 0 Å². The van der Waals surface area contributed by atoms with Crippen LogP contribution < -0.4 is 4.43 Å². The predicted molar refractivity (Wildman–Crippen MR) is 99.7 cm³/mol. The van der Waals surface area contributed by atoms with Crippen molar-refractivity contribution in [2.24, 2.45) is 4.99 Å². The molecule has 0 atom stereocenters. The van der Waals surface area contributed by atoms with Crippen LogP contribution in [0.2, 0.25) is 13.1 Å². The molecule has 1 heterocycles. The fourth-order valence-electron chi connectivity index (χ4n) is 2.28. The van der Waals surface area contributed by atoms with Gasteiger partial charge in [0.2, 0.25) is 9.04 Å². The minimum Gasteiger partial charge on any atom is -0.546 e. The molecule has 5 heteroatoms. The molecule has 0 N–H and O–H groups in total. The van der Waals surface area contributed by atoms with Crippen molar-refractivity contribution in [1.29, 1.82) is 0 Å². The van der Waals surface area contributed by atoms with Crippen molar-refractivity contribution >= 4 is 20.4 Å². The first-order valence-corrected chi connectivity index (χ1v) is 10.7.